The molecule has 0 N–H and O–H groups in total. The summed E-state index contributed by atoms with van der Waals surface area (Å²) in [5.74, 6) is 2.78. The number of rotatable bonds is 4. The Morgan fingerprint density at radius 1 is 1.40 bits per heavy atom. The van der Waals surface area contributed by atoms with E-state index in [4.69, 9.17) is 11.6 Å². The van der Waals surface area contributed by atoms with Gasteiger partial charge in [0, 0.05) is 23.0 Å². The lowest BCUT2D eigenvalue weighted by Crippen LogP contribution is -2.23. The Morgan fingerprint density at radius 3 is 2.70 bits per heavy atom. The SMILES string of the molecule is Cc1cc(C(=O)CCl)c(C)n1C(C)C1CC2CCC1C2. The van der Waals surface area contributed by atoms with Crippen LogP contribution in [0, 0.1) is 31.6 Å². The third-order valence-corrected chi connectivity index (χ3v) is 5.97. The second kappa shape index (κ2) is 5.22. The van der Waals surface area contributed by atoms with Crippen molar-refractivity contribution in [3.63, 3.8) is 0 Å². The van der Waals surface area contributed by atoms with Gasteiger partial charge < -0.3 is 4.57 Å². The van der Waals surface area contributed by atoms with Gasteiger partial charge >= 0.3 is 0 Å². The summed E-state index contributed by atoms with van der Waals surface area (Å²) in [6, 6.07) is 2.52. The summed E-state index contributed by atoms with van der Waals surface area (Å²) in [7, 11) is 0. The Hall–Kier alpha value is -0.760. The molecular weight excluding hydrogens is 270 g/mol. The summed E-state index contributed by atoms with van der Waals surface area (Å²) in [6.07, 6.45) is 5.66. The fourth-order valence-corrected chi connectivity index (χ4v) is 4.98. The first-order chi connectivity index (χ1) is 9.52. The molecule has 2 fully saturated rings. The van der Waals surface area contributed by atoms with Crippen LogP contribution in [-0.2, 0) is 0 Å². The van der Waals surface area contributed by atoms with E-state index in [-0.39, 0.29) is 11.7 Å². The molecule has 1 aromatic heterocycles. The summed E-state index contributed by atoms with van der Waals surface area (Å²) in [4.78, 5) is 11.9. The van der Waals surface area contributed by atoms with E-state index >= 15 is 0 Å². The summed E-state index contributed by atoms with van der Waals surface area (Å²) < 4.78 is 2.38. The average molecular weight is 294 g/mol. The van der Waals surface area contributed by atoms with Crippen LogP contribution in [0.5, 0.6) is 0 Å². The standard InChI is InChI=1S/C17H24ClNO/c1-10-6-16(17(20)9-18)12(3)19(10)11(2)15-8-13-4-5-14(15)7-13/h6,11,13-15H,4-5,7-9H2,1-3H3. The van der Waals surface area contributed by atoms with Crippen molar-refractivity contribution in [1.29, 1.82) is 0 Å². The first kappa shape index (κ1) is 14.2. The van der Waals surface area contributed by atoms with E-state index in [1.165, 1.54) is 31.4 Å². The zero-order valence-corrected chi connectivity index (χ0v) is 13.4. The number of carbonyl (C=O) groups is 1. The Kier molecular flexibility index (Phi) is 3.70. The molecule has 1 heterocycles. The third kappa shape index (κ3) is 2.13. The minimum absolute atomic E-state index is 0.0474. The molecule has 0 aromatic carbocycles. The number of fused-ring (bicyclic) bond motifs is 2. The molecule has 0 radical (unpaired) electrons. The highest BCUT2D eigenvalue weighted by atomic mass is 35.5. The summed E-state index contributed by atoms with van der Waals surface area (Å²) in [6.45, 7) is 6.51. The number of aromatic nitrogens is 1. The van der Waals surface area contributed by atoms with Crippen molar-refractivity contribution < 1.29 is 4.79 Å². The van der Waals surface area contributed by atoms with Gasteiger partial charge in [-0.05, 0) is 63.9 Å². The molecule has 0 aliphatic heterocycles. The van der Waals surface area contributed by atoms with Crippen LogP contribution in [0.15, 0.2) is 6.07 Å². The molecule has 0 amide bonds. The third-order valence-electron chi connectivity index (χ3n) is 5.73. The normalized spacial score (nSPS) is 29.9. The lowest BCUT2D eigenvalue weighted by molar-refractivity contribution is 0.102. The zero-order chi connectivity index (χ0) is 14.4. The van der Waals surface area contributed by atoms with E-state index in [9.17, 15) is 4.79 Å². The minimum atomic E-state index is 0.0474. The molecule has 2 bridgehead atoms. The molecule has 4 atom stereocenters. The Morgan fingerprint density at radius 2 is 2.15 bits per heavy atom. The fraction of sp³-hybridized carbons (Fsp3) is 0.706. The molecule has 2 nitrogen and oxygen atoms in total. The monoisotopic (exact) mass is 293 g/mol. The smallest absolute Gasteiger partial charge is 0.179 e. The van der Waals surface area contributed by atoms with Crippen LogP contribution < -0.4 is 0 Å². The number of nitrogens with zero attached hydrogens (tertiary/aromatic N) is 1. The van der Waals surface area contributed by atoms with Crippen LogP contribution in [0.3, 0.4) is 0 Å². The Bertz CT molecular complexity index is 533. The van der Waals surface area contributed by atoms with Crippen molar-refractivity contribution in [2.24, 2.45) is 17.8 Å². The van der Waals surface area contributed by atoms with E-state index in [2.05, 4.69) is 25.3 Å². The van der Waals surface area contributed by atoms with Crippen LogP contribution in [-0.4, -0.2) is 16.2 Å². The van der Waals surface area contributed by atoms with Crippen LogP contribution in [0.2, 0.25) is 0 Å². The topological polar surface area (TPSA) is 22.0 Å². The number of Topliss-reactive ketones (excluding diaryl/α,β-unsaturated/α-hetero) is 1. The summed E-state index contributed by atoms with van der Waals surface area (Å²) in [5.41, 5.74) is 3.11. The van der Waals surface area contributed by atoms with Crippen molar-refractivity contribution in [2.75, 3.05) is 5.88 Å². The van der Waals surface area contributed by atoms with Gasteiger partial charge in [-0.1, -0.05) is 6.42 Å². The maximum Gasteiger partial charge on any atom is 0.179 e. The molecule has 0 spiro atoms. The molecule has 1 aromatic rings. The van der Waals surface area contributed by atoms with Crippen molar-refractivity contribution >= 4 is 17.4 Å². The van der Waals surface area contributed by atoms with Crippen molar-refractivity contribution in [3.8, 4) is 0 Å². The molecule has 2 saturated carbocycles. The molecule has 2 aliphatic carbocycles. The molecule has 3 heteroatoms. The number of hydrogen-bond acceptors (Lipinski definition) is 1. The van der Waals surface area contributed by atoms with Crippen molar-refractivity contribution in [2.45, 2.75) is 52.5 Å². The second-order valence-electron chi connectivity index (χ2n) is 6.79. The maximum atomic E-state index is 11.9. The first-order valence-electron chi connectivity index (χ1n) is 7.80. The largest absolute Gasteiger partial charge is 0.345 e. The number of ketones is 1. The maximum absolute atomic E-state index is 11.9. The van der Waals surface area contributed by atoms with E-state index in [1.807, 2.05) is 6.07 Å². The number of hydrogen-bond donors (Lipinski definition) is 0. The van der Waals surface area contributed by atoms with Crippen LogP contribution >= 0.6 is 11.6 Å². The predicted molar refractivity (Wildman–Crippen MR) is 82.6 cm³/mol. The first-order valence-corrected chi connectivity index (χ1v) is 8.34. The molecule has 110 valence electrons. The van der Waals surface area contributed by atoms with Gasteiger partial charge in [0.25, 0.3) is 0 Å². The molecule has 20 heavy (non-hydrogen) atoms. The van der Waals surface area contributed by atoms with Gasteiger partial charge in [-0.2, -0.15) is 0 Å². The number of aryl methyl sites for hydroxylation is 1. The van der Waals surface area contributed by atoms with Crippen molar-refractivity contribution in [1.82, 2.24) is 4.57 Å². The van der Waals surface area contributed by atoms with Gasteiger partial charge in [-0.3, -0.25) is 4.79 Å². The lowest BCUT2D eigenvalue weighted by Gasteiger charge is -2.31. The summed E-state index contributed by atoms with van der Waals surface area (Å²) >= 11 is 5.72. The zero-order valence-electron chi connectivity index (χ0n) is 12.7. The number of alkyl halides is 1. The van der Waals surface area contributed by atoms with Gasteiger partial charge in [-0.25, -0.2) is 0 Å². The van der Waals surface area contributed by atoms with Crippen LogP contribution in [0.25, 0.3) is 0 Å². The Balaban J connectivity index is 1.90. The number of carbonyl (C=O) groups excluding carboxylic acids is 1. The molecular formula is C17H24ClNO. The highest BCUT2D eigenvalue weighted by Crippen LogP contribution is 2.52. The van der Waals surface area contributed by atoms with Crippen LogP contribution in [0.1, 0.15) is 60.4 Å². The number of halogens is 1. The van der Waals surface area contributed by atoms with E-state index < -0.39 is 0 Å². The molecule has 3 rings (SSSR count). The van der Waals surface area contributed by atoms with Gasteiger partial charge in [0.2, 0.25) is 0 Å². The average Bonchev–Trinajstić information content (AvgIpc) is 3.12. The Labute approximate surface area is 126 Å². The van der Waals surface area contributed by atoms with Gasteiger partial charge in [0.15, 0.2) is 5.78 Å². The van der Waals surface area contributed by atoms with Gasteiger partial charge in [0.1, 0.15) is 0 Å². The molecule has 0 saturated heterocycles. The molecule has 2 aliphatic rings. The van der Waals surface area contributed by atoms with E-state index in [1.54, 1.807) is 0 Å². The van der Waals surface area contributed by atoms with E-state index in [0.29, 0.717) is 6.04 Å². The van der Waals surface area contributed by atoms with Crippen LogP contribution in [0.4, 0.5) is 0 Å². The summed E-state index contributed by atoms with van der Waals surface area (Å²) in [5, 5.41) is 0. The highest BCUT2D eigenvalue weighted by molar-refractivity contribution is 6.30. The van der Waals surface area contributed by atoms with Gasteiger partial charge in [0.05, 0.1) is 5.88 Å². The quantitative estimate of drug-likeness (QED) is 0.591. The lowest BCUT2D eigenvalue weighted by atomic mass is 9.83. The predicted octanol–water partition coefficient (Wildman–Crippen LogP) is 4.52. The van der Waals surface area contributed by atoms with Gasteiger partial charge in [-0.15, -0.1) is 11.6 Å². The fourth-order valence-electron chi connectivity index (χ4n) is 4.83. The minimum Gasteiger partial charge on any atom is -0.345 e. The van der Waals surface area contributed by atoms with Crippen molar-refractivity contribution in [3.05, 3.63) is 23.0 Å². The second-order valence-corrected chi connectivity index (χ2v) is 7.06. The highest BCUT2D eigenvalue weighted by Gasteiger charge is 2.42. The molecule has 4 unspecified atom stereocenters. The van der Waals surface area contributed by atoms with E-state index in [0.717, 1.165) is 29.0 Å².